The second-order valence-corrected chi connectivity index (χ2v) is 21.1. The minimum absolute atomic E-state index is 0.560. The zero-order chi connectivity index (χ0) is 49.3. The number of para-hydroxylation sites is 2. The van der Waals surface area contributed by atoms with Gasteiger partial charge in [0.15, 0.2) is 0 Å². The van der Waals surface area contributed by atoms with Gasteiger partial charge in [-0.1, -0.05) is 200 Å². The van der Waals surface area contributed by atoms with E-state index in [1.165, 1.54) is 165 Å². The zero-order valence-corrected chi connectivity index (χ0v) is 41.5. The third kappa shape index (κ3) is 5.18. The van der Waals surface area contributed by atoms with Crippen molar-refractivity contribution in [3.05, 3.63) is 265 Å². The minimum Gasteiger partial charge on any atom is -0.344 e. The van der Waals surface area contributed by atoms with Gasteiger partial charge in [-0.05, 0) is 163 Å². The van der Waals surface area contributed by atoms with E-state index in [0.29, 0.717) is 0 Å². The maximum absolute atomic E-state index is 2.51. The number of rotatable bonds is 3. The summed E-state index contributed by atoms with van der Waals surface area (Å²) in [6.07, 6.45) is 0. The molecule has 0 amide bonds. The van der Waals surface area contributed by atoms with Gasteiger partial charge in [0.25, 0.3) is 0 Å². The van der Waals surface area contributed by atoms with E-state index >= 15 is 0 Å². The molecule has 75 heavy (non-hydrogen) atoms. The average molecular weight is 951 g/mol. The summed E-state index contributed by atoms with van der Waals surface area (Å²) in [6, 6.07) is 92.4. The Labute approximate surface area is 433 Å². The fraction of sp³-hybridized carbons (Fsp3) is 0.0411. The summed E-state index contributed by atoms with van der Waals surface area (Å²) in [4.78, 5) is 0. The molecule has 0 saturated carbocycles. The first kappa shape index (κ1) is 41.0. The van der Waals surface area contributed by atoms with Crippen LogP contribution in [-0.4, -0.2) is 9.13 Å². The Kier molecular flexibility index (Phi) is 8.10. The molecule has 2 heteroatoms. The van der Waals surface area contributed by atoms with Crippen LogP contribution < -0.4 is 0 Å². The van der Waals surface area contributed by atoms with E-state index in [2.05, 4.69) is 266 Å². The average Bonchev–Trinajstić information content (AvgIpc) is 4.35. The monoisotopic (exact) mass is 950 g/mol. The van der Waals surface area contributed by atoms with Gasteiger partial charge < -0.3 is 9.13 Å². The maximum atomic E-state index is 2.51. The summed E-state index contributed by atoms with van der Waals surface area (Å²) in [7, 11) is 4.37. The fourth-order valence-corrected chi connectivity index (χ4v) is 14.7. The van der Waals surface area contributed by atoms with Gasteiger partial charge in [-0.25, -0.2) is 0 Å². The van der Waals surface area contributed by atoms with Crippen LogP contribution in [0.25, 0.3) is 142 Å². The van der Waals surface area contributed by atoms with E-state index in [0.717, 1.165) is 0 Å². The lowest BCUT2D eigenvalue weighted by atomic mass is 9.69. The quantitative estimate of drug-likeness (QED) is 0.123. The molecule has 0 bridgehead atoms. The third-order valence-corrected chi connectivity index (χ3v) is 17.7. The molecule has 2 heterocycles. The molecular weight excluding hydrogens is 905 g/mol. The van der Waals surface area contributed by atoms with Gasteiger partial charge in [-0.15, -0.1) is 0 Å². The molecule has 13 aromatic carbocycles. The number of benzene rings is 13. The molecule has 0 saturated heterocycles. The van der Waals surface area contributed by atoms with Crippen LogP contribution in [0.4, 0.5) is 0 Å². The van der Waals surface area contributed by atoms with Gasteiger partial charge in [-0.2, -0.15) is 0 Å². The lowest BCUT2D eigenvalue weighted by Crippen LogP contribution is -2.26. The van der Waals surface area contributed by atoms with Crippen LogP contribution in [0.3, 0.4) is 0 Å². The van der Waals surface area contributed by atoms with Crippen molar-refractivity contribution in [2.45, 2.75) is 5.41 Å². The predicted molar refractivity (Wildman–Crippen MR) is 317 cm³/mol. The SMILES string of the molecule is Cn1c2ccccc2c2cc(-c3cccc4c(-c5cccc6c5-c5ccccc5C65c6ccccc6-c6c5c5ccccc5c5ccccc65)c5cccc(-c6ccc7c(c6)c6ccccc6n7C)c5cc34)ccc21. The highest BCUT2D eigenvalue weighted by Gasteiger charge is 2.53. The molecule has 348 valence electrons. The third-order valence-electron chi connectivity index (χ3n) is 17.7. The van der Waals surface area contributed by atoms with Crippen molar-refractivity contribution in [2.24, 2.45) is 14.1 Å². The fourth-order valence-electron chi connectivity index (χ4n) is 14.7. The Hall–Kier alpha value is -9.50. The van der Waals surface area contributed by atoms with Crippen LogP contribution in [-0.2, 0) is 19.5 Å². The van der Waals surface area contributed by atoms with Crippen LogP contribution in [0.2, 0.25) is 0 Å². The van der Waals surface area contributed by atoms with Crippen molar-refractivity contribution in [2.75, 3.05) is 0 Å². The van der Waals surface area contributed by atoms with Crippen LogP contribution in [0, 0.1) is 0 Å². The molecule has 2 nitrogen and oxygen atoms in total. The van der Waals surface area contributed by atoms with Gasteiger partial charge in [0.05, 0.1) is 5.41 Å². The number of hydrogen-bond acceptors (Lipinski definition) is 0. The van der Waals surface area contributed by atoms with E-state index in [1.807, 2.05) is 0 Å². The summed E-state index contributed by atoms with van der Waals surface area (Å²) >= 11 is 0. The maximum Gasteiger partial charge on any atom is 0.0731 e. The van der Waals surface area contributed by atoms with Crippen LogP contribution in [0.15, 0.2) is 243 Å². The summed E-state index contributed by atoms with van der Waals surface area (Å²) < 4.78 is 4.66. The topological polar surface area (TPSA) is 9.86 Å². The molecule has 1 spiro atoms. The van der Waals surface area contributed by atoms with E-state index < -0.39 is 5.41 Å². The molecule has 2 aliphatic rings. The van der Waals surface area contributed by atoms with E-state index in [9.17, 15) is 0 Å². The van der Waals surface area contributed by atoms with Crippen LogP contribution in [0.5, 0.6) is 0 Å². The Balaban J connectivity index is 1.01. The number of aryl methyl sites for hydroxylation is 2. The van der Waals surface area contributed by atoms with Gasteiger partial charge in [0.2, 0.25) is 0 Å². The van der Waals surface area contributed by atoms with Crippen molar-refractivity contribution in [1.82, 2.24) is 9.13 Å². The number of hydrogen-bond donors (Lipinski definition) is 0. The van der Waals surface area contributed by atoms with E-state index in [4.69, 9.17) is 0 Å². The summed E-state index contributed by atoms with van der Waals surface area (Å²) in [5.41, 5.74) is 22.5. The van der Waals surface area contributed by atoms with Crippen molar-refractivity contribution in [3.8, 4) is 55.6 Å². The molecular formula is C73H46N2. The van der Waals surface area contributed by atoms with Gasteiger partial charge >= 0.3 is 0 Å². The number of aromatic nitrogens is 2. The van der Waals surface area contributed by atoms with Crippen molar-refractivity contribution in [1.29, 1.82) is 0 Å². The largest absolute Gasteiger partial charge is 0.344 e. The summed E-state index contributed by atoms with van der Waals surface area (Å²) in [5, 5.41) is 15.3. The minimum atomic E-state index is -0.560. The standard InChI is InChI=1S/C73H46N2/c1-74-65-34-13-9-20-49(65)60-40-43(36-38-67(60)74)45-26-15-28-52-58(45)42-59-46(44-37-39-68-61(41-44)50-21-10-14-35-66(50)75(68)2)27-16-29-53(59)69(52)57-30-17-33-64-70(57)55-24-7-11-31-62(55)73(64)63-32-12-8-25-56(63)71-51-22-5-3-18-47(51)48-19-4-6-23-54(48)72(71)73/h3-42H,1-2H3. The first-order chi connectivity index (χ1) is 37.1. The molecule has 0 aliphatic heterocycles. The molecule has 0 radical (unpaired) electrons. The lowest BCUT2D eigenvalue weighted by molar-refractivity contribution is 0.802. The van der Waals surface area contributed by atoms with Crippen LogP contribution >= 0.6 is 0 Å². The predicted octanol–water partition coefficient (Wildman–Crippen LogP) is 18.9. The van der Waals surface area contributed by atoms with Crippen molar-refractivity contribution >= 4 is 86.7 Å². The second kappa shape index (κ2) is 14.8. The molecule has 2 aliphatic carbocycles. The second-order valence-electron chi connectivity index (χ2n) is 21.1. The number of fused-ring (bicyclic) bond motifs is 23. The molecule has 2 aromatic heterocycles. The first-order valence-corrected chi connectivity index (χ1v) is 26.3. The zero-order valence-electron chi connectivity index (χ0n) is 41.5. The smallest absolute Gasteiger partial charge is 0.0731 e. The van der Waals surface area contributed by atoms with Gasteiger partial charge in [0, 0.05) is 57.7 Å². The summed E-state index contributed by atoms with van der Waals surface area (Å²) in [6.45, 7) is 0. The first-order valence-electron chi connectivity index (χ1n) is 26.3. The molecule has 0 N–H and O–H groups in total. The van der Waals surface area contributed by atoms with Crippen LogP contribution in [0.1, 0.15) is 22.3 Å². The Morgan fingerprint density at radius 3 is 1.21 bits per heavy atom. The Morgan fingerprint density at radius 1 is 0.240 bits per heavy atom. The molecule has 1 unspecified atom stereocenters. The normalized spacial score (nSPS) is 14.6. The Bertz CT molecular complexity index is 4860. The molecule has 17 rings (SSSR count). The van der Waals surface area contributed by atoms with Gasteiger partial charge in [-0.3, -0.25) is 0 Å². The van der Waals surface area contributed by atoms with Crippen molar-refractivity contribution in [3.63, 3.8) is 0 Å². The van der Waals surface area contributed by atoms with E-state index in [-0.39, 0.29) is 0 Å². The molecule has 0 fully saturated rings. The van der Waals surface area contributed by atoms with Crippen molar-refractivity contribution < 1.29 is 0 Å². The highest BCUT2D eigenvalue weighted by atomic mass is 14.9. The summed E-state index contributed by atoms with van der Waals surface area (Å²) in [5.74, 6) is 0. The molecule has 1 atom stereocenters. The molecule has 15 aromatic rings. The van der Waals surface area contributed by atoms with Gasteiger partial charge in [0.1, 0.15) is 0 Å². The highest BCUT2D eigenvalue weighted by Crippen LogP contribution is 2.67. The highest BCUT2D eigenvalue weighted by molar-refractivity contribution is 6.24. The Morgan fingerprint density at radius 2 is 0.627 bits per heavy atom. The lowest BCUT2D eigenvalue weighted by Gasteiger charge is -2.32. The number of nitrogens with zero attached hydrogens (tertiary/aromatic N) is 2. The van der Waals surface area contributed by atoms with E-state index in [1.54, 1.807) is 0 Å².